The van der Waals surface area contributed by atoms with E-state index < -0.39 is 9.84 Å². The van der Waals surface area contributed by atoms with Crippen molar-refractivity contribution in [2.24, 2.45) is 0 Å². The summed E-state index contributed by atoms with van der Waals surface area (Å²) in [7, 11) is 0.620. The Morgan fingerprint density at radius 3 is 2.71 bits per heavy atom. The third-order valence-electron chi connectivity index (χ3n) is 5.34. The lowest BCUT2D eigenvalue weighted by Gasteiger charge is -2.28. The summed E-state index contributed by atoms with van der Waals surface area (Å²) in [6, 6.07) is 9.80. The molecule has 1 N–H and O–H groups in total. The fraction of sp³-hybridized carbons (Fsp3) is 0.455. The van der Waals surface area contributed by atoms with Gasteiger partial charge in [0, 0.05) is 41.8 Å². The second kappa shape index (κ2) is 9.33. The van der Waals surface area contributed by atoms with Gasteiger partial charge in [-0.3, -0.25) is 0 Å². The fourth-order valence-corrected chi connectivity index (χ4v) is 5.04. The second-order valence-electron chi connectivity index (χ2n) is 8.17. The first-order chi connectivity index (χ1) is 14.9. The summed E-state index contributed by atoms with van der Waals surface area (Å²) >= 11 is 0. The van der Waals surface area contributed by atoms with Gasteiger partial charge in [0.05, 0.1) is 30.4 Å². The van der Waals surface area contributed by atoms with Gasteiger partial charge >= 0.3 is 0 Å². The molecule has 1 saturated heterocycles. The van der Waals surface area contributed by atoms with E-state index in [0.717, 1.165) is 41.9 Å². The van der Waals surface area contributed by atoms with Crippen LogP contribution in [0, 0.1) is 0 Å². The molecule has 1 aliphatic heterocycles. The normalized spacial score (nSPS) is 15.1. The predicted molar refractivity (Wildman–Crippen MR) is 123 cm³/mol. The summed E-state index contributed by atoms with van der Waals surface area (Å²) < 4.78 is 30.9. The summed E-state index contributed by atoms with van der Waals surface area (Å²) in [5, 5.41) is 1.07. The molecule has 0 spiro atoms. The molecule has 1 fully saturated rings. The molecular formula is C22H29N5O3S. The van der Waals surface area contributed by atoms with Crippen molar-refractivity contribution in [1.82, 2.24) is 19.9 Å². The molecule has 0 radical (unpaired) electrons. The molecule has 0 bridgehead atoms. The topological polar surface area (TPSA) is 91.4 Å². The molecule has 0 amide bonds. The molecule has 3 heterocycles. The minimum Gasteiger partial charge on any atom is -0.378 e. The van der Waals surface area contributed by atoms with Gasteiger partial charge in [-0.25, -0.2) is 18.4 Å². The Morgan fingerprint density at radius 2 is 1.94 bits per heavy atom. The van der Waals surface area contributed by atoms with Gasteiger partial charge in [0.1, 0.15) is 5.82 Å². The molecule has 0 saturated carbocycles. The Hall–Kier alpha value is -2.49. The Kier molecular flexibility index (Phi) is 6.54. The van der Waals surface area contributed by atoms with Gasteiger partial charge in [0.15, 0.2) is 15.7 Å². The van der Waals surface area contributed by atoms with E-state index in [2.05, 4.69) is 14.9 Å². The van der Waals surface area contributed by atoms with Crippen molar-refractivity contribution in [3.63, 3.8) is 0 Å². The van der Waals surface area contributed by atoms with Crippen LogP contribution in [0.4, 0.5) is 5.82 Å². The van der Waals surface area contributed by atoms with Gasteiger partial charge in [-0.2, -0.15) is 0 Å². The van der Waals surface area contributed by atoms with Gasteiger partial charge in [0.25, 0.3) is 0 Å². The van der Waals surface area contributed by atoms with E-state index in [0.29, 0.717) is 31.2 Å². The number of benzene rings is 1. The number of anilines is 1. The highest BCUT2D eigenvalue weighted by atomic mass is 32.2. The van der Waals surface area contributed by atoms with Crippen molar-refractivity contribution < 1.29 is 13.2 Å². The molecule has 1 aromatic carbocycles. The number of ether oxygens (including phenoxy) is 1. The van der Waals surface area contributed by atoms with Crippen LogP contribution in [0.5, 0.6) is 0 Å². The van der Waals surface area contributed by atoms with Crippen molar-refractivity contribution in [3.8, 4) is 11.4 Å². The molecule has 3 aromatic rings. The fourth-order valence-electron chi connectivity index (χ4n) is 3.73. The Labute approximate surface area is 183 Å². The Morgan fingerprint density at radius 1 is 1.13 bits per heavy atom. The average Bonchev–Trinajstić information content (AvgIpc) is 3.21. The van der Waals surface area contributed by atoms with Crippen molar-refractivity contribution in [2.45, 2.75) is 12.2 Å². The van der Waals surface area contributed by atoms with Crippen LogP contribution in [0.15, 0.2) is 36.5 Å². The minimum atomic E-state index is -3.27. The van der Waals surface area contributed by atoms with Gasteiger partial charge < -0.3 is 19.5 Å². The molecule has 166 valence electrons. The molecule has 4 rings (SSSR count). The first kappa shape index (κ1) is 21.7. The van der Waals surface area contributed by atoms with Crippen LogP contribution in [0.1, 0.15) is 12.1 Å². The van der Waals surface area contributed by atoms with Crippen LogP contribution in [0.25, 0.3) is 22.3 Å². The van der Waals surface area contributed by atoms with Crippen LogP contribution in [-0.2, 0) is 20.3 Å². The van der Waals surface area contributed by atoms with Crippen molar-refractivity contribution >= 4 is 26.6 Å². The number of sulfone groups is 1. The standard InChI is InChI=1S/C22H29N5O3S/c1-26(2)8-3-13-31(28,29)16-19-15-21(27-9-11-30-12-10-27)25-22(24-19)18-4-5-20-17(14-18)6-7-23-20/h4-7,14-15,23H,3,8-13,16H2,1-2H3. The Balaban J connectivity index is 1.66. The van der Waals surface area contributed by atoms with Crippen LogP contribution in [-0.4, -0.2) is 81.0 Å². The summed E-state index contributed by atoms with van der Waals surface area (Å²) in [6.07, 6.45) is 2.50. The number of fused-ring (bicyclic) bond motifs is 1. The molecule has 8 nitrogen and oxygen atoms in total. The number of aromatic nitrogens is 3. The van der Waals surface area contributed by atoms with E-state index in [1.165, 1.54) is 0 Å². The number of nitrogens with zero attached hydrogens (tertiary/aromatic N) is 4. The summed E-state index contributed by atoms with van der Waals surface area (Å²) in [4.78, 5) is 16.7. The zero-order chi connectivity index (χ0) is 21.8. The first-order valence-corrected chi connectivity index (χ1v) is 12.4. The molecule has 0 atom stereocenters. The van der Waals surface area contributed by atoms with E-state index in [4.69, 9.17) is 9.72 Å². The quantitative estimate of drug-likeness (QED) is 0.571. The molecule has 31 heavy (non-hydrogen) atoms. The maximum Gasteiger partial charge on any atom is 0.161 e. The van der Waals surface area contributed by atoms with E-state index in [9.17, 15) is 8.42 Å². The summed E-state index contributed by atoms with van der Waals surface area (Å²) in [5.74, 6) is 1.36. The van der Waals surface area contributed by atoms with Gasteiger partial charge in [0.2, 0.25) is 0 Å². The SMILES string of the molecule is CN(C)CCCS(=O)(=O)Cc1cc(N2CCOCC2)nc(-c2ccc3[nH]ccc3c2)n1. The third-order valence-corrected chi connectivity index (χ3v) is 6.99. The number of hydrogen-bond donors (Lipinski definition) is 1. The summed E-state index contributed by atoms with van der Waals surface area (Å²) in [6.45, 7) is 3.45. The molecular weight excluding hydrogens is 414 g/mol. The van der Waals surface area contributed by atoms with Crippen LogP contribution in [0.2, 0.25) is 0 Å². The third kappa shape index (κ3) is 5.61. The number of morpholine rings is 1. The van der Waals surface area contributed by atoms with E-state index in [1.807, 2.05) is 55.5 Å². The molecule has 1 aliphatic rings. The number of nitrogens with one attached hydrogen (secondary N) is 1. The first-order valence-electron chi connectivity index (χ1n) is 10.5. The zero-order valence-corrected chi connectivity index (χ0v) is 18.9. The summed E-state index contributed by atoms with van der Waals surface area (Å²) in [5.41, 5.74) is 2.44. The minimum absolute atomic E-state index is 0.0836. The number of rotatable bonds is 8. The van der Waals surface area contributed by atoms with Crippen LogP contribution < -0.4 is 4.90 Å². The molecule has 0 aliphatic carbocycles. The Bertz CT molecular complexity index is 1140. The van der Waals surface area contributed by atoms with Crippen LogP contribution in [0.3, 0.4) is 0 Å². The second-order valence-corrected chi connectivity index (χ2v) is 10.4. The van der Waals surface area contributed by atoms with E-state index >= 15 is 0 Å². The lowest BCUT2D eigenvalue weighted by molar-refractivity contribution is 0.122. The maximum atomic E-state index is 12.7. The predicted octanol–water partition coefficient (Wildman–Crippen LogP) is 2.33. The lowest BCUT2D eigenvalue weighted by atomic mass is 10.1. The van der Waals surface area contributed by atoms with Crippen molar-refractivity contribution in [1.29, 1.82) is 0 Å². The number of H-pyrrole nitrogens is 1. The smallest absolute Gasteiger partial charge is 0.161 e. The molecule has 2 aromatic heterocycles. The highest BCUT2D eigenvalue weighted by Gasteiger charge is 2.19. The van der Waals surface area contributed by atoms with Gasteiger partial charge in [-0.05, 0) is 51.3 Å². The van der Waals surface area contributed by atoms with E-state index in [1.54, 1.807) is 0 Å². The lowest BCUT2D eigenvalue weighted by Crippen LogP contribution is -2.37. The van der Waals surface area contributed by atoms with Crippen molar-refractivity contribution in [2.75, 3.05) is 57.6 Å². The monoisotopic (exact) mass is 443 g/mol. The highest BCUT2D eigenvalue weighted by molar-refractivity contribution is 7.90. The molecule has 0 unspecified atom stereocenters. The van der Waals surface area contributed by atoms with Gasteiger partial charge in [-0.1, -0.05) is 0 Å². The van der Waals surface area contributed by atoms with Gasteiger partial charge in [-0.15, -0.1) is 0 Å². The zero-order valence-electron chi connectivity index (χ0n) is 18.0. The average molecular weight is 444 g/mol. The largest absolute Gasteiger partial charge is 0.378 e. The van der Waals surface area contributed by atoms with E-state index in [-0.39, 0.29) is 11.5 Å². The highest BCUT2D eigenvalue weighted by Crippen LogP contribution is 2.25. The maximum absolute atomic E-state index is 12.7. The number of aromatic amines is 1. The van der Waals surface area contributed by atoms with Crippen molar-refractivity contribution in [3.05, 3.63) is 42.2 Å². The number of hydrogen-bond acceptors (Lipinski definition) is 7. The van der Waals surface area contributed by atoms with Crippen LogP contribution >= 0.6 is 0 Å². The molecule has 9 heteroatoms.